The second kappa shape index (κ2) is 7.06. The highest BCUT2D eigenvalue weighted by Crippen LogP contribution is 2.31. The zero-order chi connectivity index (χ0) is 17.1. The van der Waals surface area contributed by atoms with Gasteiger partial charge in [0, 0.05) is 11.8 Å². The third-order valence-electron chi connectivity index (χ3n) is 3.46. The van der Waals surface area contributed by atoms with E-state index < -0.39 is 5.43 Å². The van der Waals surface area contributed by atoms with Gasteiger partial charge >= 0.3 is 0 Å². The largest absolute Gasteiger partial charge is 0.502 e. The molecular weight excluding hydrogens is 346 g/mol. The van der Waals surface area contributed by atoms with E-state index in [2.05, 4.69) is 35.4 Å². The minimum Gasteiger partial charge on any atom is -0.502 e. The number of nitrogens with one attached hydrogen (secondary N) is 1. The van der Waals surface area contributed by atoms with Gasteiger partial charge in [0.15, 0.2) is 10.1 Å². The lowest BCUT2D eigenvalue weighted by Gasteiger charge is -2.08. The fraction of sp³-hybridized carbons (Fsp3) is 0.188. The summed E-state index contributed by atoms with van der Waals surface area (Å²) in [6, 6.07) is 7.34. The molecule has 0 bridgehead atoms. The third kappa shape index (κ3) is 3.77. The Bertz CT molecular complexity index is 921. The number of hydrogen-bond acceptors (Lipinski definition) is 8. The molecule has 3 aromatic rings. The molecule has 0 unspecified atom stereocenters. The molecule has 6 nitrogen and oxygen atoms in total. The van der Waals surface area contributed by atoms with Crippen molar-refractivity contribution in [2.75, 3.05) is 5.32 Å². The van der Waals surface area contributed by atoms with Crippen molar-refractivity contribution in [3.63, 3.8) is 0 Å². The monoisotopic (exact) mass is 361 g/mol. The summed E-state index contributed by atoms with van der Waals surface area (Å²) < 4.78 is 5.92. The molecule has 8 heteroatoms. The minimum absolute atomic E-state index is 0.389. The van der Waals surface area contributed by atoms with Gasteiger partial charge in [0.05, 0.1) is 5.75 Å². The van der Waals surface area contributed by atoms with Gasteiger partial charge in [-0.1, -0.05) is 35.2 Å². The van der Waals surface area contributed by atoms with Gasteiger partial charge < -0.3 is 14.8 Å². The van der Waals surface area contributed by atoms with Gasteiger partial charge in [-0.05, 0) is 31.0 Å². The van der Waals surface area contributed by atoms with Crippen LogP contribution in [0.2, 0.25) is 0 Å². The predicted molar refractivity (Wildman–Crippen MR) is 95.3 cm³/mol. The number of anilines is 2. The van der Waals surface area contributed by atoms with E-state index in [0.717, 1.165) is 16.3 Å². The van der Waals surface area contributed by atoms with Crippen molar-refractivity contribution in [2.24, 2.45) is 0 Å². The molecule has 0 saturated heterocycles. The molecule has 0 radical (unpaired) electrons. The Kier molecular flexibility index (Phi) is 4.86. The van der Waals surface area contributed by atoms with E-state index in [4.69, 9.17) is 4.42 Å². The Balaban J connectivity index is 1.66. The van der Waals surface area contributed by atoms with Crippen molar-refractivity contribution in [1.82, 2.24) is 10.2 Å². The number of rotatable bonds is 5. The first kappa shape index (κ1) is 16.5. The van der Waals surface area contributed by atoms with Gasteiger partial charge in [-0.3, -0.25) is 4.79 Å². The number of aromatic nitrogens is 2. The lowest BCUT2D eigenvalue weighted by atomic mass is 10.1. The highest BCUT2D eigenvalue weighted by Gasteiger charge is 2.09. The van der Waals surface area contributed by atoms with E-state index in [0.29, 0.717) is 16.6 Å². The van der Waals surface area contributed by atoms with E-state index in [-0.39, 0.29) is 5.75 Å². The maximum absolute atomic E-state index is 11.4. The maximum Gasteiger partial charge on any atom is 0.226 e. The Morgan fingerprint density at radius 3 is 2.96 bits per heavy atom. The molecule has 0 aliphatic rings. The topological polar surface area (TPSA) is 88.2 Å². The summed E-state index contributed by atoms with van der Waals surface area (Å²) in [5, 5.41) is 21.4. The number of benzene rings is 1. The Hall–Kier alpha value is -2.32. The maximum atomic E-state index is 11.4. The molecular formula is C16H15N3O3S2. The number of hydrogen-bond donors (Lipinski definition) is 2. The molecule has 0 aliphatic heterocycles. The van der Waals surface area contributed by atoms with Crippen LogP contribution in [-0.2, 0) is 5.75 Å². The highest BCUT2D eigenvalue weighted by atomic mass is 32.2. The van der Waals surface area contributed by atoms with Crippen molar-refractivity contribution in [3.8, 4) is 5.75 Å². The van der Waals surface area contributed by atoms with Gasteiger partial charge in [-0.15, -0.1) is 10.2 Å². The lowest BCUT2D eigenvalue weighted by molar-refractivity contribution is 0.419. The molecule has 24 heavy (non-hydrogen) atoms. The Labute approximate surface area is 146 Å². The van der Waals surface area contributed by atoms with Crippen LogP contribution >= 0.6 is 23.1 Å². The fourth-order valence-corrected chi connectivity index (χ4v) is 3.63. The number of nitrogens with zero attached hydrogens (tertiary/aromatic N) is 2. The quantitative estimate of drug-likeness (QED) is 0.667. The molecule has 2 N–H and O–H groups in total. The summed E-state index contributed by atoms with van der Waals surface area (Å²) in [4.78, 5) is 11.4. The zero-order valence-electron chi connectivity index (χ0n) is 13.1. The van der Waals surface area contributed by atoms with Gasteiger partial charge in [-0.2, -0.15) is 0 Å². The molecule has 0 spiro atoms. The fourth-order valence-electron chi connectivity index (χ4n) is 1.97. The first-order valence-electron chi connectivity index (χ1n) is 7.13. The average Bonchev–Trinajstić information content (AvgIpc) is 3.00. The van der Waals surface area contributed by atoms with Crippen LogP contribution in [0.25, 0.3) is 0 Å². The number of aromatic hydroxyl groups is 1. The Morgan fingerprint density at radius 1 is 1.33 bits per heavy atom. The smallest absolute Gasteiger partial charge is 0.226 e. The van der Waals surface area contributed by atoms with Gasteiger partial charge in [0.1, 0.15) is 12.0 Å². The normalized spacial score (nSPS) is 10.8. The SMILES string of the molecule is Cc1cccc(Nc2nnc(SCc3cc(=O)c(O)co3)s2)c1C. The highest BCUT2D eigenvalue weighted by molar-refractivity contribution is 8.00. The predicted octanol–water partition coefficient (Wildman–Crippen LogP) is 3.85. The van der Waals surface area contributed by atoms with Crippen LogP contribution in [-0.4, -0.2) is 15.3 Å². The molecule has 0 aliphatic carbocycles. The van der Waals surface area contributed by atoms with Crippen LogP contribution in [0.5, 0.6) is 5.75 Å². The van der Waals surface area contributed by atoms with Crippen LogP contribution in [0, 0.1) is 13.8 Å². The molecule has 2 aromatic heterocycles. The van der Waals surface area contributed by atoms with Crippen LogP contribution in [0.1, 0.15) is 16.9 Å². The summed E-state index contributed by atoms with van der Waals surface area (Å²) >= 11 is 2.85. The molecule has 3 rings (SSSR count). The minimum atomic E-state index is -0.452. The first-order chi connectivity index (χ1) is 11.5. The molecule has 0 saturated carbocycles. The second-order valence-electron chi connectivity index (χ2n) is 5.13. The van der Waals surface area contributed by atoms with E-state index in [1.807, 2.05) is 12.1 Å². The molecule has 1 aromatic carbocycles. The van der Waals surface area contributed by atoms with Crippen molar-refractivity contribution < 1.29 is 9.52 Å². The molecule has 0 atom stereocenters. The standard InChI is InChI=1S/C16H15N3O3S2/c1-9-4-3-5-12(10(9)2)17-15-18-19-16(24-15)23-8-11-6-13(20)14(21)7-22-11/h3-7,21H,8H2,1-2H3,(H,17,18). The van der Waals surface area contributed by atoms with Crippen molar-refractivity contribution >= 4 is 33.9 Å². The molecule has 2 heterocycles. The van der Waals surface area contributed by atoms with Crippen LogP contribution < -0.4 is 10.7 Å². The van der Waals surface area contributed by atoms with Gasteiger partial charge in [0.2, 0.25) is 10.6 Å². The Morgan fingerprint density at radius 2 is 2.17 bits per heavy atom. The zero-order valence-corrected chi connectivity index (χ0v) is 14.7. The van der Waals surface area contributed by atoms with Crippen molar-refractivity contribution in [2.45, 2.75) is 23.9 Å². The number of thioether (sulfide) groups is 1. The second-order valence-corrected chi connectivity index (χ2v) is 7.33. The van der Waals surface area contributed by atoms with Crippen LogP contribution in [0.4, 0.5) is 10.8 Å². The van der Waals surface area contributed by atoms with E-state index >= 15 is 0 Å². The van der Waals surface area contributed by atoms with E-state index in [1.165, 1.54) is 40.3 Å². The molecule has 0 amide bonds. The summed E-state index contributed by atoms with van der Waals surface area (Å²) in [5.41, 5.74) is 2.94. The van der Waals surface area contributed by atoms with Crippen LogP contribution in [0.3, 0.4) is 0 Å². The van der Waals surface area contributed by atoms with Gasteiger partial charge in [-0.25, -0.2) is 0 Å². The van der Waals surface area contributed by atoms with Crippen molar-refractivity contribution in [1.29, 1.82) is 0 Å². The van der Waals surface area contributed by atoms with E-state index in [1.54, 1.807) is 0 Å². The average molecular weight is 361 g/mol. The first-order valence-corrected chi connectivity index (χ1v) is 8.93. The van der Waals surface area contributed by atoms with E-state index in [9.17, 15) is 9.90 Å². The summed E-state index contributed by atoms with van der Waals surface area (Å²) in [6.07, 6.45) is 1.05. The number of aryl methyl sites for hydroxylation is 1. The summed E-state index contributed by atoms with van der Waals surface area (Å²) in [6.45, 7) is 4.12. The molecule has 124 valence electrons. The van der Waals surface area contributed by atoms with Gasteiger partial charge in [0.25, 0.3) is 0 Å². The van der Waals surface area contributed by atoms with Crippen molar-refractivity contribution in [3.05, 3.63) is 57.6 Å². The lowest BCUT2D eigenvalue weighted by Crippen LogP contribution is -1.98. The molecule has 0 fully saturated rings. The van der Waals surface area contributed by atoms with Crippen LogP contribution in [0.15, 0.2) is 44.1 Å². The third-order valence-corrected chi connectivity index (χ3v) is 5.45. The summed E-state index contributed by atoms with van der Waals surface area (Å²) in [5.74, 6) is 0.523. The summed E-state index contributed by atoms with van der Waals surface area (Å²) in [7, 11) is 0.